The predicted octanol–water partition coefficient (Wildman–Crippen LogP) is 2.45. The number of pyridine rings is 1. The molecule has 8 heteroatoms. The number of aromatic nitrogens is 4. The van der Waals surface area contributed by atoms with Gasteiger partial charge < -0.3 is 10.2 Å². The standard InChI is InChI=1S/C24H28N6O2/c1-15-11-23-27-19(12-22(32)21-14-20(21)17-3-7-25-8-4-17)13-24(30(23)28-15)29-9-5-18(6-10-29)26-16(2)31/h3-4,7-8,11,13,18,20-21H,5-6,9-10,12,14H2,1-2H3,(H,26,31). The predicted molar refractivity (Wildman–Crippen MR) is 121 cm³/mol. The molecule has 0 spiro atoms. The Bertz CT molecular complexity index is 1150. The fourth-order valence-corrected chi connectivity index (χ4v) is 4.82. The average Bonchev–Trinajstić information content (AvgIpc) is 3.49. The number of amides is 1. The lowest BCUT2D eigenvalue weighted by Gasteiger charge is -2.33. The Morgan fingerprint density at radius 2 is 1.91 bits per heavy atom. The van der Waals surface area contributed by atoms with Crippen molar-refractivity contribution < 1.29 is 9.59 Å². The molecule has 0 radical (unpaired) electrons. The largest absolute Gasteiger partial charge is 0.356 e. The highest BCUT2D eigenvalue weighted by atomic mass is 16.1. The molecule has 1 saturated heterocycles. The summed E-state index contributed by atoms with van der Waals surface area (Å²) in [4.78, 5) is 35.5. The first-order chi connectivity index (χ1) is 15.5. The number of carbonyl (C=O) groups is 2. The van der Waals surface area contributed by atoms with Gasteiger partial charge in [0, 0.05) is 62.9 Å². The summed E-state index contributed by atoms with van der Waals surface area (Å²) in [7, 11) is 0. The van der Waals surface area contributed by atoms with Crippen LogP contribution in [-0.4, -0.2) is 50.4 Å². The topological polar surface area (TPSA) is 92.5 Å². The summed E-state index contributed by atoms with van der Waals surface area (Å²) < 4.78 is 1.87. The van der Waals surface area contributed by atoms with Crippen LogP contribution in [0.15, 0.2) is 36.7 Å². The van der Waals surface area contributed by atoms with Crippen LogP contribution in [0.2, 0.25) is 0 Å². The van der Waals surface area contributed by atoms with E-state index in [0.717, 1.165) is 55.2 Å². The molecule has 2 fully saturated rings. The first-order valence-electron chi connectivity index (χ1n) is 11.3. The molecule has 2 aliphatic rings. The lowest BCUT2D eigenvalue weighted by atomic mass is 10.0. The number of anilines is 1. The van der Waals surface area contributed by atoms with Crippen molar-refractivity contribution in [1.82, 2.24) is 24.9 Å². The highest BCUT2D eigenvalue weighted by Gasteiger charge is 2.43. The van der Waals surface area contributed by atoms with Crippen LogP contribution in [0, 0.1) is 12.8 Å². The Labute approximate surface area is 187 Å². The minimum absolute atomic E-state index is 0.0170. The molecule has 0 aromatic carbocycles. The molecule has 8 nitrogen and oxygen atoms in total. The van der Waals surface area contributed by atoms with Gasteiger partial charge in [0.05, 0.1) is 11.4 Å². The number of aryl methyl sites for hydroxylation is 1. The molecule has 1 amide bonds. The second-order valence-corrected chi connectivity index (χ2v) is 9.00. The van der Waals surface area contributed by atoms with Crippen LogP contribution in [0.3, 0.4) is 0 Å². The molecular formula is C24H28N6O2. The number of Topliss-reactive ketones (excluding diaryl/α,β-unsaturated/α-hetero) is 1. The summed E-state index contributed by atoms with van der Waals surface area (Å²) in [6.45, 7) is 5.16. The van der Waals surface area contributed by atoms with Gasteiger partial charge in [0.15, 0.2) is 5.65 Å². The van der Waals surface area contributed by atoms with Gasteiger partial charge in [-0.2, -0.15) is 9.61 Å². The molecule has 1 aliphatic heterocycles. The van der Waals surface area contributed by atoms with E-state index >= 15 is 0 Å². The minimum Gasteiger partial charge on any atom is -0.356 e. The monoisotopic (exact) mass is 432 g/mol. The van der Waals surface area contributed by atoms with E-state index in [2.05, 4.69) is 20.3 Å². The van der Waals surface area contributed by atoms with Gasteiger partial charge in [0.25, 0.3) is 0 Å². The van der Waals surface area contributed by atoms with Crippen molar-refractivity contribution >= 4 is 23.2 Å². The van der Waals surface area contributed by atoms with E-state index in [9.17, 15) is 9.59 Å². The van der Waals surface area contributed by atoms with Gasteiger partial charge in [-0.15, -0.1) is 0 Å². The van der Waals surface area contributed by atoms with Crippen LogP contribution in [-0.2, 0) is 16.0 Å². The van der Waals surface area contributed by atoms with Crippen LogP contribution in [0.1, 0.15) is 49.1 Å². The third kappa shape index (κ3) is 4.22. The van der Waals surface area contributed by atoms with Crippen molar-refractivity contribution in [3.8, 4) is 0 Å². The molecule has 1 aliphatic carbocycles. The number of nitrogens with one attached hydrogen (secondary N) is 1. The Morgan fingerprint density at radius 1 is 1.16 bits per heavy atom. The summed E-state index contributed by atoms with van der Waals surface area (Å²) in [5, 5.41) is 7.65. The zero-order valence-electron chi connectivity index (χ0n) is 18.5. The van der Waals surface area contributed by atoms with E-state index in [1.54, 1.807) is 19.3 Å². The van der Waals surface area contributed by atoms with Crippen LogP contribution < -0.4 is 10.2 Å². The van der Waals surface area contributed by atoms with E-state index < -0.39 is 0 Å². The summed E-state index contributed by atoms with van der Waals surface area (Å²) in [6, 6.07) is 8.18. The van der Waals surface area contributed by atoms with Crippen molar-refractivity contribution in [3.05, 3.63) is 53.6 Å². The van der Waals surface area contributed by atoms with Crippen molar-refractivity contribution in [2.24, 2.45) is 5.92 Å². The third-order valence-electron chi connectivity index (χ3n) is 6.50. The first kappa shape index (κ1) is 20.6. The van der Waals surface area contributed by atoms with Crippen molar-refractivity contribution in [2.45, 2.75) is 51.5 Å². The third-order valence-corrected chi connectivity index (χ3v) is 6.50. The molecule has 1 saturated carbocycles. The van der Waals surface area contributed by atoms with E-state index in [0.29, 0.717) is 12.3 Å². The van der Waals surface area contributed by atoms with E-state index in [-0.39, 0.29) is 23.7 Å². The smallest absolute Gasteiger partial charge is 0.217 e. The molecule has 3 aromatic rings. The number of hydrogen-bond donors (Lipinski definition) is 1. The maximum atomic E-state index is 13.0. The minimum atomic E-state index is 0.0170. The van der Waals surface area contributed by atoms with Crippen LogP contribution in [0.5, 0.6) is 0 Å². The lowest BCUT2D eigenvalue weighted by molar-refractivity contribution is -0.120. The zero-order chi connectivity index (χ0) is 22.2. The number of nitrogens with zero attached hydrogens (tertiary/aromatic N) is 5. The molecule has 5 rings (SSSR count). The molecule has 2 atom stereocenters. The van der Waals surface area contributed by atoms with Crippen molar-refractivity contribution in [1.29, 1.82) is 0 Å². The second-order valence-electron chi connectivity index (χ2n) is 9.00. The van der Waals surface area contributed by atoms with Crippen molar-refractivity contribution in [2.75, 3.05) is 18.0 Å². The summed E-state index contributed by atoms with van der Waals surface area (Å²) in [5.41, 5.74) is 3.65. The number of hydrogen-bond acceptors (Lipinski definition) is 6. The van der Waals surface area contributed by atoms with Gasteiger partial charge in [-0.25, -0.2) is 4.98 Å². The first-order valence-corrected chi connectivity index (χ1v) is 11.3. The Kier molecular flexibility index (Phi) is 5.36. The number of piperidine rings is 1. The van der Waals surface area contributed by atoms with Gasteiger partial charge in [0.1, 0.15) is 11.6 Å². The number of carbonyl (C=O) groups excluding carboxylic acids is 2. The summed E-state index contributed by atoms with van der Waals surface area (Å²) in [5.74, 6) is 1.60. The molecule has 166 valence electrons. The molecule has 0 bridgehead atoms. The number of fused-ring (bicyclic) bond motifs is 1. The van der Waals surface area contributed by atoms with E-state index in [1.165, 1.54) is 5.56 Å². The second kappa shape index (κ2) is 8.33. The maximum absolute atomic E-state index is 13.0. The van der Waals surface area contributed by atoms with E-state index in [1.807, 2.05) is 35.7 Å². The van der Waals surface area contributed by atoms with Crippen LogP contribution in [0.4, 0.5) is 5.82 Å². The summed E-state index contributed by atoms with van der Waals surface area (Å²) in [6.07, 6.45) is 6.58. The number of ketones is 1. The average molecular weight is 433 g/mol. The zero-order valence-corrected chi connectivity index (χ0v) is 18.5. The molecule has 32 heavy (non-hydrogen) atoms. The van der Waals surface area contributed by atoms with Gasteiger partial charge in [-0.05, 0) is 49.8 Å². The Balaban J connectivity index is 1.34. The van der Waals surface area contributed by atoms with Gasteiger partial charge in [-0.1, -0.05) is 0 Å². The number of rotatable bonds is 6. The highest BCUT2D eigenvalue weighted by Crippen LogP contribution is 2.48. The SMILES string of the molecule is CC(=O)NC1CCN(c2cc(CC(=O)C3CC3c3ccncc3)nc3cc(C)nn23)CC1. The van der Waals surface area contributed by atoms with Gasteiger partial charge in [0.2, 0.25) is 5.91 Å². The molecule has 2 unspecified atom stereocenters. The maximum Gasteiger partial charge on any atom is 0.217 e. The van der Waals surface area contributed by atoms with E-state index in [4.69, 9.17) is 4.98 Å². The highest BCUT2D eigenvalue weighted by molar-refractivity contribution is 5.87. The molecular weight excluding hydrogens is 404 g/mol. The van der Waals surface area contributed by atoms with Crippen molar-refractivity contribution in [3.63, 3.8) is 0 Å². The fourth-order valence-electron chi connectivity index (χ4n) is 4.82. The molecule has 3 aromatic heterocycles. The van der Waals surface area contributed by atoms with Gasteiger partial charge >= 0.3 is 0 Å². The Hall–Kier alpha value is -3.29. The van der Waals surface area contributed by atoms with Crippen LogP contribution in [0.25, 0.3) is 5.65 Å². The molecule has 4 heterocycles. The lowest BCUT2D eigenvalue weighted by Crippen LogP contribution is -2.44. The Morgan fingerprint density at radius 3 is 2.62 bits per heavy atom. The van der Waals surface area contributed by atoms with Crippen LogP contribution >= 0.6 is 0 Å². The molecule has 1 N–H and O–H groups in total. The fraction of sp³-hybridized carbons (Fsp3) is 0.458. The summed E-state index contributed by atoms with van der Waals surface area (Å²) >= 11 is 0. The normalized spacial score (nSPS) is 21.0. The van der Waals surface area contributed by atoms with Gasteiger partial charge in [-0.3, -0.25) is 14.6 Å². The quantitative estimate of drug-likeness (QED) is 0.643.